The summed E-state index contributed by atoms with van der Waals surface area (Å²) in [5.41, 5.74) is 3.20. The van der Waals surface area contributed by atoms with Crippen LogP contribution >= 0.6 is 0 Å². The molecule has 2 aromatic rings. The van der Waals surface area contributed by atoms with Crippen molar-refractivity contribution in [2.24, 2.45) is 0 Å². The number of hydrogen-bond donors (Lipinski definition) is 1. The number of ether oxygens (including phenoxy) is 1. The van der Waals surface area contributed by atoms with Gasteiger partial charge in [0.2, 0.25) is 0 Å². The lowest BCUT2D eigenvalue weighted by molar-refractivity contribution is -0.136. The maximum atomic E-state index is 10.5. The van der Waals surface area contributed by atoms with Crippen molar-refractivity contribution in [3.05, 3.63) is 59.2 Å². The van der Waals surface area contributed by atoms with Crippen LogP contribution in [0.25, 0.3) is 0 Å². The molecule has 104 valence electrons. The van der Waals surface area contributed by atoms with Crippen molar-refractivity contribution in [3.8, 4) is 11.5 Å². The molecule has 3 heteroatoms. The van der Waals surface area contributed by atoms with Gasteiger partial charge in [-0.3, -0.25) is 4.79 Å². The second kappa shape index (κ2) is 6.24. The summed E-state index contributed by atoms with van der Waals surface area (Å²) in [6.07, 6.45) is 0.691. The van der Waals surface area contributed by atoms with Gasteiger partial charge in [-0.15, -0.1) is 0 Å². The third kappa shape index (κ3) is 3.60. The molecule has 2 aromatic carbocycles. The fourth-order valence-electron chi connectivity index (χ4n) is 2.05. The molecule has 0 aromatic heterocycles. The summed E-state index contributed by atoms with van der Waals surface area (Å²) in [5, 5.41) is 8.66. The van der Waals surface area contributed by atoms with Crippen LogP contribution in [0.1, 0.15) is 23.1 Å². The van der Waals surface area contributed by atoms with E-state index in [2.05, 4.69) is 0 Å². The number of aliphatic carboxylic acids is 1. The second-order valence-corrected chi connectivity index (χ2v) is 4.86. The molecular weight excluding hydrogens is 252 g/mol. The van der Waals surface area contributed by atoms with Crippen molar-refractivity contribution in [1.82, 2.24) is 0 Å². The monoisotopic (exact) mass is 270 g/mol. The van der Waals surface area contributed by atoms with Crippen molar-refractivity contribution in [2.75, 3.05) is 0 Å². The van der Waals surface area contributed by atoms with Crippen molar-refractivity contribution in [2.45, 2.75) is 26.7 Å². The highest BCUT2D eigenvalue weighted by Gasteiger charge is 2.05. The number of carboxylic acid groups (broad SMARTS) is 1. The second-order valence-electron chi connectivity index (χ2n) is 4.86. The van der Waals surface area contributed by atoms with Crippen molar-refractivity contribution < 1.29 is 14.6 Å². The van der Waals surface area contributed by atoms with Gasteiger partial charge < -0.3 is 9.84 Å². The SMILES string of the molecule is Cc1cccc(C)c1Oc1ccc(CCC(=O)O)cc1. The summed E-state index contributed by atoms with van der Waals surface area (Å²) in [6, 6.07) is 13.6. The van der Waals surface area contributed by atoms with E-state index in [1.165, 1.54) is 0 Å². The normalized spacial score (nSPS) is 10.3. The highest BCUT2D eigenvalue weighted by atomic mass is 16.5. The Morgan fingerprint density at radius 1 is 1.05 bits per heavy atom. The molecule has 1 N–H and O–H groups in total. The molecule has 0 aliphatic heterocycles. The average Bonchev–Trinajstić information content (AvgIpc) is 2.42. The van der Waals surface area contributed by atoms with E-state index in [0.717, 1.165) is 28.2 Å². The largest absolute Gasteiger partial charge is 0.481 e. The van der Waals surface area contributed by atoms with E-state index in [0.29, 0.717) is 6.42 Å². The van der Waals surface area contributed by atoms with Crippen LogP contribution in [0.3, 0.4) is 0 Å². The Labute approximate surface area is 118 Å². The van der Waals surface area contributed by atoms with Crippen LogP contribution < -0.4 is 4.74 Å². The molecule has 0 saturated heterocycles. The first-order valence-electron chi connectivity index (χ1n) is 6.61. The van der Waals surface area contributed by atoms with Crippen LogP contribution in [0.4, 0.5) is 0 Å². The highest BCUT2D eigenvalue weighted by Crippen LogP contribution is 2.28. The molecule has 0 radical (unpaired) electrons. The number of para-hydroxylation sites is 1. The van der Waals surface area contributed by atoms with Crippen LogP contribution in [0, 0.1) is 13.8 Å². The first-order valence-corrected chi connectivity index (χ1v) is 6.61. The Balaban J connectivity index is 2.09. The summed E-state index contributed by atoms with van der Waals surface area (Å²) in [5.74, 6) is 0.869. The van der Waals surface area contributed by atoms with Crippen molar-refractivity contribution >= 4 is 5.97 Å². The number of benzene rings is 2. The zero-order valence-corrected chi connectivity index (χ0v) is 11.7. The van der Waals surface area contributed by atoms with Gasteiger partial charge in [0, 0.05) is 6.42 Å². The summed E-state index contributed by atoms with van der Waals surface area (Å²) in [7, 11) is 0. The third-order valence-electron chi connectivity index (χ3n) is 3.18. The molecule has 0 aliphatic carbocycles. The molecule has 0 heterocycles. The molecule has 2 rings (SSSR count). The minimum absolute atomic E-state index is 0.150. The van der Waals surface area contributed by atoms with E-state index >= 15 is 0 Å². The van der Waals surface area contributed by atoms with Gasteiger partial charge in [0.1, 0.15) is 11.5 Å². The lowest BCUT2D eigenvalue weighted by Crippen LogP contribution is -1.97. The molecule has 0 fully saturated rings. The van der Waals surface area contributed by atoms with E-state index in [4.69, 9.17) is 9.84 Å². The smallest absolute Gasteiger partial charge is 0.303 e. The summed E-state index contributed by atoms with van der Waals surface area (Å²) in [4.78, 5) is 10.5. The van der Waals surface area contributed by atoms with Gasteiger partial charge in [-0.05, 0) is 49.1 Å². The quantitative estimate of drug-likeness (QED) is 0.889. The topological polar surface area (TPSA) is 46.5 Å². The number of aryl methyl sites for hydroxylation is 3. The van der Waals surface area contributed by atoms with Crippen molar-refractivity contribution in [1.29, 1.82) is 0 Å². The zero-order chi connectivity index (χ0) is 14.5. The van der Waals surface area contributed by atoms with Gasteiger partial charge in [0.15, 0.2) is 0 Å². The van der Waals surface area contributed by atoms with E-state index in [1.807, 2.05) is 56.3 Å². The summed E-state index contributed by atoms with van der Waals surface area (Å²) < 4.78 is 5.90. The minimum atomic E-state index is -0.777. The first-order chi connectivity index (χ1) is 9.56. The minimum Gasteiger partial charge on any atom is -0.481 e. The molecule has 0 aliphatic rings. The molecule has 0 unspecified atom stereocenters. The molecular formula is C17H18O3. The Hall–Kier alpha value is -2.29. The maximum Gasteiger partial charge on any atom is 0.303 e. The van der Waals surface area contributed by atoms with Crippen LogP contribution in [-0.4, -0.2) is 11.1 Å². The molecule has 20 heavy (non-hydrogen) atoms. The van der Waals surface area contributed by atoms with Gasteiger partial charge in [-0.1, -0.05) is 30.3 Å². The number of rotatable bonds is 5. The van der Waals surface area contributed by atoms with E-state index in [1.54, 1.807) is 0 Å². The van der Waals surface area contributed by atoms with E-state index < -0.39 is 5.97 Å². The Morgan fingerprint density at radius 3 is 2.20 bits per heavy atom. The summed E-state index contributed by atoms with van der Waals surface area (Å²) in [6.45, 7) is 4.03. The lowest BCUT2D eigenvalue weighted by atomic mass is 10.1. The predicted octanol–water partition coefficient (Wildman–Crippen LogP) is 4.11. The number of carbonyl (C=O) groups is 1. The van der Waals surface area contributed by atoms with Crippen LogP contribution in [0.2, 0.25) is 0 Å². The Kier molecular flexibility index (Phi) is 4.41. The fourth-order valence-corrected chi connectivity index (χ4v) is 2.05. The average molecular weight is 270 g/mol. The zero-order valence-electron chi connectivity index (χ0n) is 11.7. The van der Waals surface area contributed by atoms with Gasteiger partial charge >= 0.3 is 5.97 Å². The van der Waals surface area contributed by atoms with Gasteiger partial charge in [-0.2, -0.15) is 0 Å². The van der Waals surface area contributed by atoms with E-state index in [-0.39, 0.29) is 6.42 Å². The highest BCUT2D eigenvalue weighted by molar-refractivity contribution is 5.67. The molecule has 0 saturated carbocycles. The molecule has 0 spiro atoms. The molecule has 0 amide bonds. The first kappa shape index (κ1) is 14.1. The standard InChI is InChI=1S/C17H18O3/c1-12-4-3-5-13(2)17(12)20-15-9-6-14(7-10-15)8-11-16(18)19/h3-7,9-10H,8,11H2,1-2H3,(H,18,19). The Bertz CT molecular complexity index is 580. The predicted molar refractivity (Wildman–Crippen MR) is 78.4 cm³/mol. The van der Waals surface area contributed by atoms with Gasteiger partial charge in [0.25, 0.3) is 0 Å². The molecule has 0 bridgehead atoms. The van der Waals surface area contributed by atoms with Gasteiger partial charge in [0.05, 0.1) is 0 Å². The Morgan fingerprint density at radius 2 is 1.65 bits per heavy atom. The van der Waals surface area contributed by atoms with Gasteiger partial charge in [-0.25, -0.2) is 0 Å². The molecule has 0 atom stereocenters. The molecule has 3 nitrogen and oxygen atoms in total. The van der Waals surface area contributed by atoms with Crippen LogP contribution in [0.5, 0.6) is 11.5 Å². The number of hydrogen-bond acceptors (Lipinski definition) is 2. The van der Waals surface area contributed by atoms with Crippen LogP contribution in [0.15, 0.2) is 42.5 Å². The number of carboxylic acids is 1. The van der Waals surface area contributed by atoms with Crippen molar-refractivity contribution in [3.63, 3.8) is 0 Å². The lowest BCUT2D eigenvalue weighted by Gasteiger charge is -2.11. The maximum absolute atomic E-state index is 10.5. The third-order valence-corrected chi connectivity index (χ3v) is 3.18. The van der Waals surface area contributed by atoms with E-state index in [9.17, 15) is 4.79 Å². The summed E-state index contributed by atoms with van der Waals surface area (Å²) >= 11 is 0. The van der Waals surface area contributed by atoms with Crippen LogP contribution in [-0.2, 0) is 11.2 Å². The fraction of sp³-hybridized carbons (Fsp3) is 0.235.